The van der Waals surface area contributed by atoms with Crippen LogP contribution < -0.4 is 15.4 Å². The Balaban J connectivity index is 1.55. The lowest BCUT2D eigenvalue weighted by Crippen LogP contribution is -2.14. The molecule has 1 aliphatic carbocycles. The van der Waals surface area contributed by atoms with Crippen molar-refractivity contribution in [3.63, 3.8) is 0 Å². The van der Waals surface area contributed by atoms with Crippen molar-refractivity contribution in [1.29, 1.82) is 0 Å². The highest BCUT2D eigenvalue weighted by Crippen LogP contribution is 2.31. The Morgan fingerprint density at radius 1 is 1.48 bits per heavy atom. The second kappa shape index (κ2) is 7.66. The molecule has 0 spiro atoms. The molecule has 0 saturated heterocycles. The van der Waals surface area contributed by atoms with Gasteiger partial charge in [-0.25, -0.2) is 0 Å². The smallest absolute Gasteiger partial charge is 0.273 e. The van der Waals surface area contributed by atoms with Gasteiger partial charge in [0.25, 0.3) is 5.69 Å². The van der Waals surface area contributed by atoms with Gasteiger partial charge in [0.1, 0.15) is 5.75 Å². The second-order valence-corrected chi connectivity index (χ2v) is 7.47. The molecule has 3 rings (SSSR count). The maximum absolute atomic E-state index is 12.1. The predicted octanol–water partition coefficient (Wildman–Crippen LogP) is 2.76. The molecule has 1 fully saturated rings. The first-order valence-corrected chi connectivity index (χ1v) is 9.20. The van der Waals surface area contributed by atoms with Crippen LogP contribution >= 0.6 is 23.1 Å². The predicted molar refractivity (Wildman–Crippen MR) is 95.6 cm³/mol. The molecule has 0 unspecified atom stereocenters. The largest absolute Gasteiger partial charge is 0.494 e. The number of carbonyl (C=O) groups excluding carboxylic acids is 1. The van der Waals surface area contributed by atoms with Crippen molar-refractivity contribution in [2.45, 2.75) is 23.2 Å². The molecule has 0 atom stereocenters. The van der Waals surface area contributed by atoms with Crippen LogP contribution in [-0.4, -0.2) is 39.9 Å². The van der Waals surface area contributed by atoms with Gasteiger partial charge in [-0.2, -0.15) is 0 Å². The minimum absolute atomic E-state index is 0.103. The number of aromatic nitrogens is 2. The number of amides is 1. The molecule has 132 valence electrons. The maximum Gasteiger partial charge on any atom is 0.273 e. The Hall–Kier alpha value is -2.40. The molecule has 1 amide bonds. The fraction of sp³-hybridized carbons (Fsp3) is 0.357. The average Bonchev–Trinajstić information content (AvgIpc) is 3.29. The summed E-state index contributed by atoms with van der Waals surface area (Å²) in [6.07, 6.45) is 2.31. The van der Waals surface area contributed by atoms with Gasteiger partial charge in [-0.05, 0) is 18.9 Å². The number of nitrogens with zero attached hydrogens (tertiary/aromatic N) is 3. The van der Waals surface area contributed by atoms with Crippen LogP contribution in [-0.2, 0) is 4.79 Å². The van der Waals surface area contributed by atoms with Gasteiger partial charge in [0.2, 0.25) is 11.0 Å². The highest BCUT2D eigenvalue weighted by atomic mass is 32.2. The SMILES string of the molecule is COc1cc([N+](=O)[O-])ccc1NC(=O)CSc1nnc(NC2CC2)s1. The van der Waals surface area contributed by atoms with E-state index in [1.165, 1.54) is 48.4 Å². The van der Waals surface area contributed by atoms with Gasteiger partial charge in [-0.1, -0.05) is 23.1 Å². The number of non-ortho nitro benzene ring substituents is 1. The van der Waals surface area contributed by atoms with E-state index < -0.39 is 4.92 Å². The monoisotopic (exact) mass is 381 g/mol. The zero-order chi connectivity index (χ0) is 17.8. The minimum atomic E-state index is -0.521. The number of methoxy groups -OCH3 is 1. The highest BCUT2D eigenvalue weighted by molar-refractivity contribution is 8.01. The van der Waals surface area contributed by atoms with Crippen molar-refractivity contribution in [2.24, 2.45) is 0 Å². The number of carbonyl (C=O) groups is 1. The molecular formula is C14H15N5O4S2. The lowest BCUT2D eigenvalue weighted by Gasteiger charge is -2.09. The summed E-state index contributed by atoms with van der Waals surface area (Å²) < 4.78 is 5.79. The van der Waals surface area contributed by atoms with Gasteiger partial charge in [0, 0.05) is 12.1 Å². The summed E-state index contributed by atoms with van der Waals surface area (Å²) in [5.74, 6) is 0.126. The quantitative estimate of drug-likeness (QED) is 0.407. The topological polar surface area (TPSA) is 119 Å². The Labute approximate surface area is 151 Å². The Bertz CT molecular complexity index is 793. The molecule has 0 radical (unpaired) electrons. The third-order valence-electron chi connectivity index (χ3n) is 3.31. The molecule has 1 aromatic heterocycles. The number of anilines is 2. The molecule has 25 heavy (non-hydrogen) atoms. The second-order valence-electron chi connectivity index (χ2n) is 5.27. The number of hydrogen-bond acceptors (Lipinski definition) is 9. The minimum Gasteiger partial charge on any atom is -0.494 e. The van der Waals surface area contributed by atoms with Crippen LogP contribution in [0, 0.1) is 10.1 Å². The van der Waals surface area contributed by atoms with Crippen molar-refractivity contribution in [2.75, 3.05) is 23.5 Å². The van der Waals surface area contributed by atoms with Crippen molar-refractivity contribution in [1.82, 2.24) is 10.2 Å². The average molecular weight is 381 g/mol. The molecule has 1 saturated carbocycles. The molecule has 9 nitrogen and oxygen atoms in total. The number of nitro benzene ring substituents is 1. The molecule has 1 heterocycles. The van der Waals surface area contributed by atoms with Gasteiger partial charge in [0.05, 0.1) is 29.5 Å². The molecule has 2 N–H and O–H groups in total. The number of benzene rings is 1. The van der Waals surface area contributed by atoms with Crippen LogP contribution in [0.5, 0.6) is 5.75 Å². The zero-order valence-corrected chi connectivity index (χ0v) is 14.9. The number of nitro groups is 1. The van der Waals surface area contributed by atoms with E-state index in [9.17, 15) is 14.9 Å². The number of rotatable bonds is 8. The number of hydrogen-bond donors (Lipinski definition) is 2. The summed E-state index contributed by atoms with van der Waals surface area (Å²) in [6.45, 7) is 0. The van der Waals surface area contributed by atoms with Gasteiger partial charge in [-0.3, -0.25) is 14.9 Å². The first-order valence-electron chi connectivity index (χ1n) is 7.40. The van der Waals surface area contributed by atoms with Gasteiger partial charge >= 0.3 is 0 Å². The van der Waals surface area contributed by atoms with E-state index >= 15 is 0 Å². The number of thioether (sulfide) groups is 1. The maximum atomic E-state index is 12.1. The van der Waals surface area contributed by atoms with Gasteiger partial charge < -0.3 is 15.4 Å². The Kier molecular flexibility index (Phi) is 5.34. The van der Waals surface area contributed by atoms with Crippen LogP contribution in [0.25, 0.3) is 0 Å². The van der Waals surface area contributed by atoms with Crippen LogP contribution in [0.1, 0.15) is 12.8 Å². The van der Waals surface area contributed by atoms with Crippen molar-refractivity contribution < 1.29 is 14.5 Å². The van der Waals surface area contributed by atoms with E-state index in [2.05, 4.69) is 20.8 Å². The molecule has 1 aromatic carbocycles. The van der Waals surface area contributed by atoms with Crippen molar-refractivity contribution >= 4 is 45.5 Å². The zero-order valence-electron chi connectivity index (χ0n) is 13.2. The summed E-state index contributed by atoms with van der Waals surface area (Å²) in [7, 11) is 1.39. The summed E-state index contributed by atoms with van der Waals surface area (Å²) in [5, 5.41) is 25.5. The highest BCUT2D eigenvalue weighted by Gasteiger charge is 2.22. The first kappa shape index (κ1) is 17.4. The normalized spacial score (nSPS) is 13.3. The molecule has 1 aliphatic rings. The van der Waals surface area contributed by atoms with E-state index in [0.29, 0.717) is 16.1 Å². The van der Waals surface area contributed by atoms with E-state index in [4.69, 9.17) is 4.74 Å². The van der Waals surface area contributed by atoms with Crippen LogP contribution in [0.3, 0.4) is 0 Å². The van der Waals surface area contributed by atoms with Gasteiger partial charge in [0.15, 0.2) is 4.34 Å². The first-order chi connectivity index (χ1) is 12.0. The van der Waals surface area contributed by atoms with Crippen molar-refractivity contribution in [3.8, 4) is 5.75 Å². The van der Waals surface area contributed by atoms with Crippen LogP contribution in [0.4, 0.5) is 16.5 Å². The van der Waals surface area contributed by atoms with E-state index in [0.717, 1.165) is 18.0 Å². The van der Waals surface area contributed by atoms with E-state index in [-0.39, 0.29) is 23.1 Å². The summed E-state index contributed by atoms with van der Waals surface area (Å²) in [4.78, 5) is 22.3. The summed E-state index contributed by atoms with van der Waals surface area (Å²) >= 11 is 2.69. The standard InChI is InChI=1S/C14H15N5O4S2/c1-23-11-6-9(19(21)22)4-5-10(11)16-12(20)7-24-14-18-17-13(25-14)15-8-2-3-8/h4-6,8H,2-3,7H2,1H3,(H,15,17)(H,16,20). The van der Waals surface area contributed by atoms with E-state index in [1.807, 2.05) is 0 Å². The Morgan fingerprint density at radius 2 is 2.28 bits per heavy atom. The molecule has 0 aliphatic heterocycles. The molecular weight excluding hydrogens is 366 g/mol. The number of nitrogens with one attached hydrogen (secondary N) is 2. The van der Waals surface area contributed by atoms with Crippen molar-refractivity contribution in [3.05, 3.63) is 28.3 Å². The molecule has 2 aromatic rings. The Morgan fingerprint density at radius 3 is 2.96 bits per heavy atom. The van der Waals surface area contributed by atoms with E-state index in [1.54, 1.807) is 0 Å². The van der Waals surface area contributed by atoms with Crippen LogP contribution in [0.15, 0.2) is 22.5 Å². The molecule has 0 bridgehead atoms. The third kappa shape index (κ3) is 4.79. The summed E-state index contributed by atoms with van der Waals surface area (Å²) in [5.41, 5.74) is 0.279. The van der Waals surface area contributed by atoms with Crippen LogP contribution in [0.2, 0.25) is 0 Å². The summed E-state index contributed by atoms with van der Waals surface area (Å²) in [6, 6.07) is 4.53. The fourth-order valence-corrected chi connectivity index (χ4v) is 3.57. The third-order valence-corrected chi connectivity index (χ3v) is 5.30. The van der Waals surface area contributed by atoms with Gasteiger partial charge in [-0.15, -0.1) is 10.2 Å². The lowest BCUT2D eigenvalue weighted by atomic mass is 10.2. The fourth-order valence-electron chi connectivity index (χ4n) is 1.94. The number of ether oxygens (including phenoxy) is 1. The lowest BCUT2D eigenvalue weighted by molar-refractivity contribution is -0.384. The molecule has 11 heteroatoms.